The Balaban J connectivity index is 1.47. The number of rotatable bonds is 4. The Morgan fingerprint density at radius 2 is 2.15 bits per heavy atom. The highest BCUT2D eigenvalue weighted by Crippen LogP contribution is 2.38. The van der Waals surface area contributed by atoms with E-state index in [1.807, 2.05) is 0 Å². The van der Waals surface area contributed by atoms with Gasteiger partial charge in [0.25, 0.3) is 0 Å². The Morgan fingerprint density at radius 3 is 2.92 bits per heavy atom. The van der Waals surface area contributed by atoms with Crippen molar-refractivity contribution in [1.82, 2.24) is 15.0 Å². The Bertz CT molecular complexity index is 801. The summed E-state index contributed by atoms with van der Waals surface area (Å²) in [5.74, 6) is 2.15. The first-order valence-corrected chi connectivity index (χ1v) is 9.36. The standard InChI is InChI=1S/C20H27N3O3/c1-14-21-17(26-22-14)11-20(24)8-5-9-23(13-20)12-16-7-4-6-15-10-19(2,3)25-18(15)16/h4,6-7,24H,5,8-13H2,1-3H3. The summed E-state index contributed by atoms with van der Waals surface area (Å²) in [7, 11) is 0. The molecule has 4 rings (SSSR count). The Labute approximate surface area is 154 Å². The van der Waals surface area contributed by atoms with E-state index in [1.54, 1.807) is 6.92 Å². The van der Waals surface area contributed by atoms with Crippen molar-refractivity contribution in [3.05, 3.63) is 41.0 Å². The van der Waals surface area contributed by atoms with E-state index < -0.39 is 5.60 Å². The van der Waals surface area contributed by atoms with Crippen molar-refractivity contribution in [3.63, 3.8) is 0 Å². The number of nitrogens with zero attached hydrogens (tertiary/aromatic N) is 3. The maximum absolute atomic E-state index is 11.1. The molecule has 0 saturated carbocycles. The molecule has 0 aliphatic carbocycles. The molecule has 1 saturated heterocycles. The van der Waals surface area contributed by atoms with E-state index in [1.165, 1.54) is 11.1 Å². The van der Waals surface area contributed by atoms with Gasteiger partial charge < -0.3 is 14.4 Å². The molecule has 1 atom stereocenters. The number of aromatic nitrogens is 2. The van der Waals surface area contributed by atoms with Gasteiger partial charge in [0.1, 0.15) is 11.4 Å². The van der Waals surface area contributed by atoms with Gasteiger partial charge in [-0.1, -0.05) is 23.4 Å². The van der Waals surface area contributed by atoms with E-state index in [2.05, 4.69) is 47.1 Å². The lowest BCUT2D eigenvalue weighted by atomic mass is 9.89. The largest absolute Gasteiger partial charge is 0.487 e. The third-order valence-corrected chi connectivity index (χ3v) is 5.25. The molecule has 2 aliphatic heterocycles. The number of likely N-dealkylation sites (tertiary alicyclic amines) is 1. The van der Waals surface area contributed by atoms with Crippen LogP contribution in [0, 0.1) is 6.92 Å². The van der Waals surface area contributed by atoms with Gasteiger partial charge in [-0.05, 0) is 45.7 Å². The minimum absolute atomic E-state index is 0.142. The van der Waals surface area contributed by atoms with E-state index in [9.17, 15) is 5.11 Å². The van der Waals surface area contributed by atoms with Crippen LogP contribution in [0.3, 0.4) is 0 Å². The van der Waals surface area contributed by atoms with E-state index in [0.717, 1.165) is 38.1 Å². The first-order valence-electron chi connectivity index (χ1n) is 9.36. The molecule has 140 valence electrons. The molecule has 0 amide bonds. The third kappa shape index (κ3) is 3.62. The number of benzene rings is 1. The monoisotopic (exact) mass is 357 g/mol. The molecule has 26 heavy (non-hydrogen) atoms. The number of fused-ring (bicyclic) bond motifs is 1. The molecule has 2 aromatic rings. The predicted octanol–water partition coefficient (Wildman–Crippen LogP) is 2.66. The summed E-state index contributed by atoms with van der Waals surface area (Å²) in [6.07, 6.45) is 3.05. The van der Waals surface area contributed by atoms with Gasteiger partial charge in [0.2, 0.25) is 5.89 Å². The number of β-amino-alcohol motifs (C(OH)–C–C–N with tert-alkyl or cyclic N) is 1. The molecule has 1 aromatic heterocycles. The fourth-order valence-electron chi connectivity index (χ4n) is 4.22. The van der Waals surface area contributed by atoms with Crippen LogP contribution in [0.25, 0.3) is 0 Å². The van der Waals surface area contributed by atoms with Crippen LogP contribution < -0.4 is 4.74 Å². The fourth-order valence-corrected chi connectivity index (χ4v) is 4.22. The molecule has 6 heteroatoms. The smallest absolute Gasteiger partial charge is 0.229 e. The summed E-state index contributed by atoms with van der Waals surface area (Å²) in [5.41, 5.74) is 1.51. The van der Waals surface area contributed by atoms with E-state index in [0.29, 0.717) is 24.7 Å². The summed E-state index contributed by atoms with van der Waals surface area (Å²) in [4.78, 5) is 6.55. The molecule has 1 fully saturated rings. The quantitative estimate of drug-likeness (QED) is 0.907. The van der Waals surface area contributed by atoms with Crippen molar-refractivity contribution in [2.45, 2.75) is 64.2 Å². The lowest BCUT2D eigenvalue weighted by Crippen LogP contribution is -2.49. The van der Waals surface area contributed by atoms with Gasteiger partial charge in [-0.3, -0.25) is 4.90 Å². The van der Waals surface area contributed by atoms with Crippen LogP contribution in [0.15, 0.2) is 22.7 Å². The number of aryl methyl sites for hydroxylation is 1. The van der Waals surface area contributed by atoms with Crippen molar-refractivity contribution < 1.29 is 14.4 Å². The average molecular weight is 357 g/mol. The van der Waals surface area contributed by atoms with Crippen LogP contribution in [0.2, 0.25) is 0 Å². The second kappa shape index (κ2) is 6.35. The Morgan fingerprint density at radius 1 is 1.31 bits per heavy atom. The van der Waals surface area contributed by atoms with Crippen molar-refractivity contribution in [3.8, 4) is 5.75 Å². The van der Waals surface area contributed by atoms with Crippen LogP contribution in [0.1, 0.15) is 49.5 Å². The zero-order valence-electron chi connectivity index (χ0n) is 15.8. The van der Waals surface area contributed by atoms with E-state index in [-0.39, 0.29) is 5.60 Å². The van der Waals surface area contributed by atoms with Crippen molar-refractivity contribution in [2.24, 2.45) is 0 Å². The van der Waals surface area contributed by atoms with Gasteiger partial charge in [0.05, 0.1) is 12.0 Å². The van der Waals surface area contributed by atoms with Crippen LogP contribution in [-0.2, 0) is 19.4 Å². The number of piperidine rings is 1. The number of para-hydroxylation sites is 1. The molecular formula is C20H27N3O3. The van der Waals surface area contributed by atoms with Crippen molar-refractivity contribution in [2.75, 3.05) is 13.1 Å². The molecule has 3 heterocycles. The van der Waals surface area contributed by atoms with Crippen LogP contribution in [0.4, 0.5) is 0 Å². The van der Waals surface area contributed by atoms with Gasteiger partial charge in [0, 0.05) is 25.1 Å². The Kier molecular flexibility index (Phi) is 4.28. The van der Waals surface area contributed by atoms with Crippen molar-refractivity contribution in [1.29, 1.82) is 0 Å². The summed E-state index contributed by atoms with van der Waals surface area (Å²) in [6.45, 7) is 8.40. The lowest BCUT2D eigenvalue weighted by molar-refractivity contribution is -0.0376. The summed E-state index contributed by atoms with van der Waals surface area (Å²) in [5, 5.41) is 14.9. The van der Waals surface area contributed by atoms with Gasteiger partial charge in [-0.2, -0.15) is 4.98 Å². The first-order chi connectivity index (χ1) is 12.3. The van der Waals surface area contributed by atoms with Gasteiger partial charge in [0.15, 0.2) is 5.82 Å². The van der Waals surface area contributed by atoms with Gasteiger partial charge in [-0.15, -0.1) is 0 Å². The van der Waals surface area contributed by atoms with Gasteiger partial charge >= 0.3 is 0 Å². The first kappa shape index (κ1) is 17.5. The highest BCUT2D eigenvalue weighted by atomic mass is 16.5. The molecule has 2 aliphatic rings. The lowest BCUT2D eigenvalue weighted by Gasteiger charge is -2.38. The molecule has 1 aromatic carbocycles. The zero-order valence-corrected chi connectivity index (χ0v) is 15.8. The van der Waals surface area contributed by atoms with Crippen LogP contribution >= 0.6 is 0 Å². The van der Waals surface area contributed by atoms with E-state index in [4.69, 9.17) is 9.26 Å². The molecule has 0 spiro atoms. The van der Waals surface area contributed by atoms with Crippen molar-refractivity contribution >= 4 is 0 Å². The highest BCUT2D eigenvalue weighted by Gasteiger charge is 2.36. The van der Waals surface area contributed by atoms with E-state index >= 15 is 0 Å². The topological polar surface area (TPSA) is 71.6 Å². The molecule has 1 N–H and O–H groups in total. The molecular weight excluding hydrogens is 330 g/mol. The predicted molar refractivity (Wildman–Crippen MR) is 97.1 cm³/mol. The summed E-state index contributed by atoms with van der Waals surface area (Å²) in [6, 6.07) is 6.39. The SMILES string of the molecule is Cc1noc(CC2(O)CCCN(Cc3cccc4c3OC(C)(C)C4)C2)n1. The normalized spacial score (nSPS) is 25.1. The zero-order chi connectivity index (χ0) is 18.4. The maximum Gasteiger partial charge on any atom is 0.229 e. The Hall–Kier alpha value is -1.92. The van der Waals surface area contributed by atoms with Gasteiger partial charge in [-0.25, -0.2) is 0 Å². The highest BCUT2D eigenvalue weighted by molar-refractivity contribution is 5.45. The van der Waals surface area contributed by atoms with Crippen LogP contribution in [0.5, 0.6) is 5.75 Å². The molecule has 1 unspecified atom stereocenters. The average Bonchev–Trinajstić information content (AvgIpc) is 3.08. The second-order valence-electron chi connectivity index (χ2n) is 8.39. The summed E-state index contributed by atoms with van der Waals surface area (Å²) >= 11 is 0. The molecule has 6 nitrogen and oxygen atoms in total. The number of hydrogen-bond acceptors (Lipinski definition) is 6. The molecule has 0 radical (unpaired) electrons. The maximum atomic E-state index is 11.1. The number of hydrogen-bond donors (Lipinski definition) is 1. The minimum Gasteiger partial charge on any atom is -0.487 e. The molecule has 0 bridgehead atoms. The summed E-state index contributed by atoms with van der Waals surface area (Å²) < 4.78 is 11.4. The van der Waals surface area contributed by atoms with Crippen LogP contribution in [-0.4, -0.2) is 44.4 Å². The number of aliphatic hydroxyl groups is 1. The number of ether oxygens (including phenoxy) is 1. The fraction of sp³-hybridized carbons (Fsp3) is 0.600. The minimum atomic E-state index is -0.824. The third-order valence-electron chi connectivity index (χ3n) is 5.25. The second-order valence-corrected chi connectivity index (χ2v) is 8.39.